The number of ether oxygens (including phenoxy) is 2. The zero-order valence-corrected chi connectivity index (χ0v) is 16.9. The molecule has 0 atom stereocenters. The van der Waals surface area contributed by atoms with E-state index in [1.807, 2.05) is 12.1 Å². The largest absolute Gasteiger partial charge is 0.490 e. The summed E-state index contributed by atoms with van der Waals surface area (Å²) in [5.41, 5.74) is 0.375. The molecular weight excluding hydrogens is 419 g/mol. The minimum absolute atomic E-state index is 0. The standard InChI is InChI=1S/C17H28N4O2.HI/c1-18-16(20-10-12-23-15-5-3-9-19-13-15)21-14-17(6-4-7-17)8-11-22-2;/h3,5,9,13H,4,6-8,10-12,14H2,1-2H3,(H2,18,20,21);1H. The van der Waals surface area contributed by atoms with Crippen LogP contribution in [0.15, 0.2) is 29.5 Å². The Morgan fingerprint density at radius 2 is 2.17 bits per heavy atom. The van der Waals surface area contributed by atoms with Gasteiger partial charge in [0.2, 0.25) is 0 Å². The van der Waals surface area contributed by atoms with Crippen LogP contribution in [0.4, 0.5) is 0 Å². The molecule has 0 aromatic carbocycles. The van der Waals surface area contributed by atoms with E-state index in [9.17, 15) is 0 Å². The highest BCUT2D eigenvalue weighted by molar-refractivity contribution is 14.0. The lowest BCUT2D eigenvalue weighted by Crippen LogP contribution is -2.47. The number of methoxy groups -OCH3 is 1. The van der Waals surface area contributed by atoms with Gasteiger partial charge in [0.25, 0.3) is 0 Å². The summed E-state index contributed by atoms with van der Waals surface area (Å²) in [5.74, 6) is 1.61. The van der Waals surface area contributed by atoms with Crippen LogP contribution in [0.1, 0.15) is 25.7 Å². The topological polar surface area (TPSA) is 67.8 Å². The van der Waals surface area contributed by atoms with Crippen molar-refractivity contribution in [2.45, 2.75) is 25.7 Å². The Morgan fingerprint density at radius 1 is 1.33 bits per heavy atom. The molecule has 0 radical (unpaired) electrons. The van der Waals surface area contributed by atoms with E-state index in [-0.39, 0.29) is 24.0 Å². The number of halogens is 1. The van der Waals surface area contributed by atoms with Crippen molar-refractivity contribution < 1.29 is 9.47 Å². The molecule has 0 saturated heterocycles. The summed E-state index contributed by atoms with van der Waals surface area (Å²) in [6.07, 6.45) is 8.41. The van der Waals surface area contributed by atoms with E-state index in [2.05, 4.69) is 20.6 Å². The number of guanidine groups is 1. The smallest absolute Gasteiger partial charge is 0.191 e. The zero-order chi connectivity index (χ0) is 16.4. The predicted octanol–water partition coefficient (Wildman–Crippen LogP) is 2.45. The van der Waals surface area contributed by atoms with Crippen molar-refractivity contribution in [3.63, 3.8) is 0 Å². The van der Waals surface area contributed by atoms with E-state index in [0.29, 0.717) is 18.6 Å². The molecule has 7 heteroatoms. The molecule has 1 heterocycles. The van der Waals surface area contributed by atoms with Gasteiger partial charge in [0.1, 0.15) is 12.4 Å². The van der Waals surface area contributed by atoms with Gasteiger partial charge in [-0.05, 0) is 36.8 Å². The van der Waals surface area contributed by atoms with Gasteiger partial charge >= 0.3 is 0 Å². The first-order valence-electron chi connectivity index (χ1n) is 8.24. The Bertz CT molecular complexity index is 481. The highest BCUT2D eigenvalue weighted by Crippen LogP contribution is 2.43. The number of aromatic nitrogens is 1. The lowest BCUT2D eigenvalue weighted by atomic mass is 9.67. The third kappa shape index (κ3) is 6.80. The molecule has 6 nitrogen and oxygen atoms in total. The molecule has 1 aliphatic rings. The first kappa shape index (κ1) is 21.0. The zero-order valence-electron chi connectivity index (χ0n) is 14.6. The van der Waals surface area contributed by atoms with Crippen LogP contribution in [0.25, 0.3) is 0 Å². The molecule has 2 rings (SSSR count). The fourth-order valence-electron chi connectivity index (χ4n) is 2.77. The van der Waals surface area contributed by atoms with Crippen molar-refractivity contribution in [1.82, 2.24) is 15.6 Å². The number of pyridine rings is 1. The summed E-state index contributed by atoms with van der Waals surface area (Å²) in [4.78, 5) is 8.29. The first-order chi connectivity index (χ1) is 11.3. The van der Waals surface area contributed by atoms with Gasteiger partial charge in [0.05, 0.1) is 12.7 Å². The van der Waals surface area contributed by atoms with Gasteiger partial charge in [-0.2, -0.15) is 0 Å². The number of aliphatic imine (C=N–C) groups is 1. The normalized spacial score (nSPS) is 15.8. The minimum Gasteiger partial charge on any atom is -0.490 e. The van der Waals surface area contributed by atoms with Gasteiger partial charge < -0.3 is 20.1 Å². The Balaban J connectivity index is 0.00000288. The molecule has 24 heavy (non-hydrogen) atoms. The number of hydrogen-bond donors (Lipinski definition) is 2. The van der Waals surface area contributed by atoms with E-state index in [0.717, 1.165) is 31.3 Å². The lowest BCUT2D eigenvalue weighted by molar-refractivity contribution is 0.0732. The summed E-state index contributed by atoms with van der Waals surface area (Å²) in [5, 5.41) is 6.71. The molecule has 1 saturated carbocycles. The summed E-state index contributed by atoms with van der Waals surface area (Å²) in [7, 11) is 3.56. The maximum atomic E-state index is 5.61. The number of rotatable bonds is 9. The second kappa shape index (κ2) is 11.5. The Hall–Kier alpha value is -1.09. The van der Waals surface area contributed by atoms with Crippen LogP contribution in [0.2, 0.25) is 0 Å². The molecule has 1 aromatic heterocycles. The van der Waals surface area contributed by atoms with Crippen molar-refractivity contribution in [2.75, 3.05) is 40.5 Å². The molecule has 0 aliphatic heterocycles. The monoisotopic (exact) mass is 448 g/mol. The third-order valence-electron chi connectivity index (χ3n) is 4.40. The van der Waals surface area contributed by atoms with Crippen LogP contribution in [-0.4, -0.2) is 51.4 Å². The second-order valence-corrected chi connectivity index (χ2v) is 5.99. The van der Waals surface area contributed by atoms with Gasteiger partial charge in [-0.25, -0.2) is 0 Å². The molecule has 2 N–H and O–H groups in total. The Morgan fingerprint density at radius 3 is 2.75 bits per heavy atom. The molecule has 0 spiro atoms. The summed E-state index contributed by atoms with van der Waals surface area (Å²) in [6.45, 7) is 3.03. The van der Waals surface area contributed by atoms with Crippen molar-refractivity contribution in [1.29, 1.82) is 0 Å². The maximum Gasteiger partial charge on any atom is 0.191 e. The Labute approximate surface area is 161 Å². The number of nitrogens with one attached hydrogen (secondary N) is 2. The van der Waals surface area contributed by atoms with Crippen molar-refractivity contribution in [3.8, 4) is 5.75 Å². The molecular formula is C17H29IN4O2. The third-order valence-corrected chi connectivity index (χ3v) is 4.40. The molecule has 0 amide bonds. The van der Waals surface area contributed by atoms with Crippen LogP contribution < -0.4 is 15.4 Å². The number of nitrogens with zero attached hydrogens (tertiary/aromatic N) is 2. The Kier molecular flexibility index (Phi) is 10.0. The summed E-state index contributed by atoms with van der Waals surface area (Å²) in [6, 6.07) is 3.76. The van der Waals surface area contributed by atoms with E-state index in [1.165, 1.54) is 19.3 Å². The number of hydrogen-bond acceptors (Lipinski definition) is 4. The summed E-state index contributed by atoms with van der Waals surface area (Å²) >= 11 is 0. The van der Waals surface area contributed by atoms with Crippen LogP contribution in [-0.2, 0) is 4.74 Å². The second-order valence-electron chi connectivity index (χ2n) is 5.99. The van der Waals surface area contributed by atoms with Crippen molar-refractivity contribution >= 4 is 29.9 Å². The highest BCUT2D eigenvalue weighted by Gasteiger charge is 2.36. The van der Waals surface area contributed by atoms with E-state index in [4.69, 9.17) is 9.47 Å². The fraction of sp³-hybridized carbons (Fsp3) is 0.647. The quantitative estimate of drug-likeness (QED) is 0.263. The molecule has 1 aliphatic carbocycles. The average molecular weight is 448 g/mol. The molecule has 136 valence electrons. The lowest BCUT2D eigenvalue weighted by Gasteiger charge is -2.42. The van der Waals surface area contributed by atoms with Gasteiger partial charge in [-0.1, -0.05) is 6.42 Å². The van der Waals surface area contributed by atoms with Crippen LogP contribution in [0.3, 0.4) is 0 Å². The SMILES string of the molecule is CN=C(NCCOc1cccnc1)NCC1(CCOC)CCC1.I. The van der Waals surface area contributed by atoms with Gasteiger partial charge in [0, 0.05) is 33.5 Å². The van der Waals surface area contributed by atoms with Crippen LogP contribution >= 0.6 is 24.0 Å². The van der Waals surface area contributed by atoms with Crippen molar-refractivity contribution in [3.05, 3.63) is 24.5 Å². The van der Waals surface area contributed by atoms with Gasteiger partial charge in [-0.15, -0.1) is 24.0 Å². The first-order valence-corrected chi connectivity index (χ1v) is 8.24. The van der Waals surface area contributed by atoms with E-state index >= 15 is 0 Å². The molecule has 0 bridgehead atoms. The highest BCUT2D eigenvalue weighted by atomic mass is 127. The fourth-order valence-corrected chi connectivity index (χ4v) is 2.77. The molecule has 1 aromatic rings. The predicted molar refractivity (Wildman–Crippen MR) is 107 cm³/mol. The van der Waals surface area contributed by atoms with Crippen LogP contribution in [0, 0.1) is 5.41 Å². The van der Waals surface area contributed by atoms with Gasteiger partial charge in [-0.3, -0.25) is 9.98 Å². The molecule has 0 unspecified atom stereocenters. The summed E-state index contributed by atoms with van der Waals surface area (Å²) < 4.78 is 10.8. The maximum absolute atomic E-state index is 5.61. The minimum atomic E-state index is 0. The van der Waals surface area contributed by atoms with Crippen molar-refractivity contribution in [2.24, 2.45) is 10.4 Å². The van der Waals surface area contributed by atoms with Crippen LogP contribution in [0.5, 0.6) is 5.75 Å². The average Bonchev–Trinajstić information content (AvgIpc) is 2.56. The molecule has 1 fully saturated rings. The van der Waals surface area contributed by atoms with Gasteiger partial charge in [0.15, 0.2) is 5.96 Å². The van der Waals surface area contributed by atoms with E-state index < -0.39 is 0 Å². The van der Waals surface area contributed by atoms with E-state index in [1.54, 1.807) is 26.6 Å².